The average Bonchev–Trinajstić information content (AvgIpc) is 3.27. The molecule has 0 aliphatic carbocycles. The summed E-state index contributed by atoms with van der Waals surface area (Å²) in [5, 5.41) is 10.9. The van der Waals surface area contributed by atoms with Crippen molar-refractivity contribution in [3.63, 3.8) is 0 Å². The number of furan rings is 1. The topological polar surface area (TPSA) is 96.7 Å². The van der Waals surface area contributed by atoms with Crippen LogP contribution in [0.3, 0.4) is 0 Å². The Hall–Kier alpha value is -3.48. The summed E-state index contributed by atoms with van der Waals surface area (Å²) in [6, 6.07) is 10.7. The molecule has 4 aromatic rings. The summed E-state index contributed by atoms with van der Waals surface area (Å²) in [7, 11) is 0. The van der Waals surface area contributed by atoms with Crippen LogP contribution in [0.2, 0.25) is 0 Å². The van der Waals surface area contributed by atoms with Gasteiger partial charge in [0, 0.05) is 28.9 Å². The number of nitrogens with one attached hydrogen (secondary N) is 2. The molecule has 0 bridgehead atoms. The zero-order chi connectivity index (χ0) is 18.1. The first-order valence-corrected chi connectivity index (χ1v) is 8.24. The Kier molecular flexibility index (Phi) is 3.96. The number of fused-ring (bicyclic) bond motifs is 1. The first-order chi connectivity index (χ1) is 12.6. The van der Waals surface area contributed by atoms with Crippen molar-refractivity contribution in [2.45, 2.75) is 19.9 Å². The first-order valence-electron chi connectivity index (χ1n) is 8.24. The molecule has 0 aliphatic heterocycles. The average molecular weight is 347 g/mol. The van der Waals surface area contributed by atoms with Crippen LogP contribution >= 0.6 is 0 Å². The van der Waals surface area contributed by atoms with Gasteiger partial charge in [-0.15, -0.1) is 0 Å². The van der Waals surface area contributed by atoms with Crippen molar-refractivity contribution < 1.29 is 9.21 Å². The van der Waals surface area contributed by atoms with Crippen LogP contribution in [0.25, 0.3) is 22.4 Å². The van der Waals surface area contributed by atoms with Crippen LogP contribution in [0.5, 0.6) is 0 Å². The van der Waals surface area contributed by atoms with E-state index in [4.69, 9.17) is 4.42 Å². The van der Waals surface area contributed by atoms with E-state index < -0.39 is 0 Å². The van der Waals surface area contributed by atoms with E-state index in [1.807, 2.05) is 38.1 Å². The maximum atomic E-state index is 12.5. The summed E-state index contributed by atoms with van der Waals surface area (Å²) in [5.74, 6) is 1.76. The predicted molar refractivity (Wildman–Crippen MR) is 96.4 cm³/mol. The molecule has 0 saturated carbocycles. The van der Waals surface area contributed by atoms with Crippen molar-refractivity contribution in [3.8, 4) is 11.4 Å². The molecule has 0 radical (unpaired) electrons. The van der Waals surface area contributed by atoms with Gasteiger partial charge in [-0.2, -0.15) is 5.10 Å². The number of aromatic nitrogens is 4. The van der Waals surface area contributed by atoms with Crippen molar-refractivity contribution in [1.29, 1.82) is 0 Å². The number of aryl methyl sites for hydroxylation is 1. The fourth-order valence-corrected chi connectivity index (χ4v) is 2.76. The Bertz CT molecular complexity index is 1070. The quantitative estimate of drug-likeness (QED) is 0.590. The third-order valence-corrected chi connectivity index (χ3v) is 4.08. The maximum absolute atomic E-state index is 12.5. The highest BCUT2D eigenvalue weighted by atomic mass is 16.3. The number of pyridine rings is 1. The molecule has 2 N–H and O–H groups in total. The number of benzene rings is 1. The summed E-state index contributed by atoms with van der Waals surface area (Å²) in [5.41, 5.74) is 2.15. The van der Waals surface area contributed by atoms with Crippen LogP contribution in [-0.4, -0.2) is 26.1 Å². The molecule has 1 aromatic carbocycles. The molecule has 1 atom stereocenters. The normalized spacial score (nSPS) is 12.2. The molecular weight excluding hydrogens is 330 g/mol. The SMILES string of the molecule is Cc1cc2cc(C(=O)NC(C)c3nc(-c4cccnc4)n[nH]3)ccc2o1. The lowest BCUT2D eigenvalue weighted by molar-refractivity contribution is 0.0938. The largest absolute Gasteiger partial charge is 0.461 e. The summed E-state index contributed by atoms with van der Waals surface area (Å²) >= 11 is 0. The second-order valence-corrected chi connectivity index (χ2v) is 6.09. The Morgan fingerprint density at radius 2 is 2.15 bits per heavy atom. The van der Waals surface area contributed by atoms with Crippen molar-refractivity contribution in [2.75, 3.05) is 0 Å². The molecule has 0 saturated heterocycles. The van der Waals surface area contributed by atoms with E-state index in [0.29, 0.717) is 17.2 Å². The lowest BCUT2D eigenvalue weighted by atomic mass is 10.1. The zero-order valence-corrected chi connectivity index (χ0v) is 14.4. The number of rotatable bonds is 4. The van der Waals surface area contributed by atoms with Crippen molar-refractivity contribution in [1.82, 2.24) is 25.5 Å². The van der Waals surface area contributed by atoms with Gasteiger partial charge in [0.05, 0.1) is 6.04 Å². The van der Waals surface area contributed by atoms with Gasteiger partial charge < -0.3 is 9.73 Å². The van der Waals surface area contributed by atoms with Gasteiger partial charge >= 0.3 is 0 Å². The van der Waals surface area contributed by atoms with Crippen LogP contribution in [0.15, 0.2) is 53.2 Å². The number of aromatic amines is 1. The van der Waals surface area contributed by atoms with Gasteiger partial charge in [-0.05, 0) is 50.2 Å². The third-order valence-electron chi connectivity index (χ3n) is 4.08. The number of nitrogens with zero attached hydrogens (tertiary/aromatic N) is 3. The number of amides is 1. The lowest BCUT2D eigenvalue weighted by Crippen LogP contribution is -2.27. The molecule has 3 heterocycles. The van der Waals surface area contributed by atoms with Gasteiger partial charge in [0.1, 0.15) is 17.2 Å². The first kappa shape index (κ1) is 16.0. The number of hydrogen-bond acceptors (Lipinski definition) is 5. The fourth-order valence-electron chi connectivity index (χ4n) is 2.76. The number of carbonyl (C=O) groups excluding carboxylic acids is 1. The molecule has 7 heteroatoms. The lowest BCUT2D eigenvalue weighted by Gasteiger charge is -2.11. The summed E-state index contributed by atoms with van der Waals surface area (Å²) in [4.78, 5) is 21.0. The molecule has 130 valence electrons. The Morgan fingerprint density at radius 1 is 1.27 bits per heavy atom. The van der Waals surface area contributed by atoms with Crippen LogP contribution in [-0.2, 0) is 0 Å². The molecular formula is C19H17N5O2. The molecule has 26 heavy (non-hydrogen) atoms. The van der Waals surface area contributed by atoms with E-state index >= 15 is 0 Å². The Morgan fingerprint density at radius 3 is 2.96 bits per heavy atom. The van der Waals surface area contributed by atoms with Gasteiger partial charge in [-0.3, -0.25) is 14.9 Å². The van der Waals surface area contributed by atoms with Gasteiger partial charge in [0.2, 0.25) is 0 Å². The van der Waals surface area contributed by atoms with E-state index in [9.17, 15) is 4.79 Å². The number of carbonyl (C=O) groups is 1. The smallest absolute Gasteiger partial charge is 0.251 e. The maximum Gasteiger partial charge on any atom is 0.251 e. The highest BCUT2D eigenvalue weighted by Crippen LogP contribution is 2.21. The highest BCUT2D eigenvalue weighted by molar-refractivity contribution is 5.98. The highest BCUT2D eigenvalue weighted by Gasteiger charge is 2.16. The van der Waals surface area contributed by atoms with Crippen molar-refractivity contribution >= 4 is 16.9 Å². The number of hydrogen-bond donors (Lipinski definition) is 2. The second kappa shape index (κ2) is 6.44. The Labute approximate surface area is 149 Å². The number of H-pyrrole nitrogens is 1. The van der Waals surface area contributed by atoms with Crippen molar-refractivity contribution in [2.24, 2.45) is 0 Å². The molecule has 3 aromatic heterocycles. The minimum atomic E-state index is -0.317. The van der Waals surface area contributed by atoms with Gasteiger partial charge in [-0.25, -0.2) is 4.98 Å². The molecule has 1 amide bonds. The van der Waals surface area contributed by atoms with Crippen LogP contribution in [0, 0.1) is 6.92 Å². The van der Waals surface area contributed by atoms with E-state index in [2.05, 4.69) is 25.5 Å². The van der Waals surface area contributed by atoms with Gasteiger partial charge in [0.15, 0.2) is 5.82 Å². The fraction of sp³-hybridized carbons (Fsp3) is 0.158. The predicted octanol–water partition coefficient (Wildman–Crippen LogP) is 3.41. The van der Waals surface area contributed by atoms with E-state index in [-0.39, 0.29) is 11.9 Å². The van der Waals surface area contributed by atoms with E-state index in [1.165, 1.54) is 0 Å². The molecule has 1 unspecified atom stereocenters. The zero-order valence-electron chi connectivity index (χ0n) is 14.4. The van der Waals surface area contributed by atoms with Gasteiger partial charge in [0.25, 0.3) is 5.91 Å². The molecule has 0 fully saturated rings. The standard InChI is InChI=1S/C19H17N5O2/c1-11-8-15-9-13(5-6-16(15)26-11)19(25)21-12(2)17-22-18(24-23-17)14-4-3-7-20-10-14/h3-10,12H,1-2H3,(H,21,25)(H,22,23,24). The minimum absolute atomic E-state index is 0.183. The third kappa shape index (κ3) is 3.06. The van der Waals surface area contributed by atoms with Gasteiger partial charge in [-0.1, -0.05) is 0 Å². The summed E-state index contributed by atoms with van der Waals surface area (Å²) in [6.45, 7) is 3.73. The van der Waals surface area contributed by atoms with E-state index in [1.54, 1.807) is 24.5 Å². The van der Waals surface area contributed by atoms with Crippen LogP contribution < -0.4 is 5.32 Å². The van der Waals surface area contributed by atoms with Crippen molar-refractivity contribution in [3.05, 3.63) is 65.9 Å². The monoisotopic (exact) mass is 347 g/mol. The van der Waals surface area contributed by atoms with Crippen LogP contribution in [0.1, 0.15) is 34.9 Å². The van der Waals surface area contributed by atoms with Crippen LogP contribution in [0.4, 0.5) is 0 Å². The summed E-state index contributed by atoms with van der Waals surface area (Å²) in [6.07, 6.45) is 3.39. The van der Waals surface area contributed by atoms with E-state index in [0.717, 1.165) is 22.3 Å². The molecule has 7 nitrogen and oxygen atoms in total. The molecule has 4 rings (SSSR count). The Balaban J connectivity index is 1.51. The minimum Gasteiger partial charge on any atom is -0.461 e. The second-order valence-electron chi connectivity index (χ2n) is 6.09. The summed E-state index contributed by atoms with van der Waals surface area (Å²) < 4.78 is 5.54. The molecule has 0 spiro atoms. The molecule has 0 aliphatic rings.